The fourth-order valence-corrected chi connectivity index (χ4v) is 11.6. The molecule has 0 radical (unpaired) electrons. The number of hydrogen-bond donors (Lipinski definition) is 2. The van der Waals surface area contributed by atoms with Gasteiger partial charge in [0.05, 0.1) is 23.6 Å². The predicted octanol–water partition coefficient (Wildman–Crippen LogP) is 8.37. The van der Waals surface area contributed by atoms with Crippen LogP contribution in [-0.4, -0.2) is 113 Å². The van der Waals surface area contributed by atoms with Gasteiger partial charge in [-0.25, -0.2) is 13.2 Å². The molecule has 0 spiro atoms. The van der Waals surface area contributed by atoms with Crippen LogP contribution in [-0.2, 0) is 16.0 Å². The predicted molar refractivity (Wildman–Crippen MR) is 253 cm³/mol. The summed E-state index contributed by atoms with van der Waals surface area (Å²) in [5.74, 6) is -0.676. The number of aromatic nitrogens is 3. The Hall–Kier alpha value is -5.54. The van der Waals surface area contributed by atoms with Gasteiger partial charge in [0.15, 0.2) is 5.82 Å². The third-order valence-corrected chi connectivity index (χ3v) is 15.3. The molecule has 5 aromatic rings. The van der Waals surface area contributed by atoms with Gasteiger partial charge in [-0.2, -0.15) is 9.97 Å². The van der Waals surface area contributed by atoms with Crippen LogP contribution in [0.1, 0.15) is 88.7 Å². The van der Waals surface area contributed by atoms with E-state index in [4.69, 9.17) is 14.7 Å². The van der Waals surface area contributed by atoms with Crippen molar-refractivity contribution in [1.82, 2.24) is 30.1 Å². The van der Waals surface area contributed by atoms with Gasteiger partial charge in [0.25, 0.3) is 0 Å². The molecule has 5 fully saturated rings. The van der Waals surface area contributed by atoms with Crippen LogP contribution in [0.4, 0.5) is 24.7 Å². The van der Waals surface area contributed by atoms with Crippen LogP contribution in [0.25, 0.3) is 32.9 Å². The maximum Gasteiger partial charge on any atom is 0.319 e. The van der Waals surface area contributed by atoms with E-state index in [0.717, 1.165) is 104 Å². The number of imide groups is 1. The molecule has 5 aliphatic rings. The molecular weight excluding hydrogens is 858 g/mol. The zero-order valence-corrected chi connectivity index (χ0v) is 38.6. The van der Waals surface area contributed by atoms with Gasteiger partial charge < -0.3 is 24.5 Å². The number of benzene rings is 3. The minimum absolute atomic E-state index is 0.0106. The van der Waals surface area contributed by atoms with Crippen LogP contribution in [0.5, 0.6) is 11.8 Å². The van der Waals surface area contributed by atoms with Gasteiger partial charge >= 0.3 is 6.01 Å². The summed E-state index contributed by atoms with van der Waals surface area (Å²) < 4.78 is 53.9. The molecule has 12 nitrogen and oxygen atoms in total. The molecule has 2 N–H and O–H groups in total. The highest BCUT2D eigenvalue weighted by Gasteiger charge is 2.34. The van der Waals surface area contributed by atoms with E-state index in [2.05, 4.69) is 36.8 Å². The molecule has 3 atom stereocenters. The minimum Gasteiger partial charge on any atom is -0.508 e. The van der Waals surface area contributed by atoms with E-state index in [-0.39, 0.29) is 52.9 Å². The molecule has 0 bridgehead atoms. The van der Waals surface area contributed by atoms with Gasteiger partial charge in [0, 0.05) is 69.4 Å². The number of anilines is 2. The largest absolute Gasteiger partial charge is 0.508 e. The number of phenols is 1. The van der Waals surface area contributed by atoms with Crippen LogP contribution < -0.4 is 19.9 Å². The number of carbonyl (C=O) groups is 2. The smallest absolute Gasteiger partial charge is 0.319 e. The maximum absolute atomic E-state index is 17.0. The number of nitrogens with zero attached hydrogens (tertiary/aromatic N) is 7. The fraction of sp³-hybridized carbons (Fsp3) is 0.519. The molecule has 2 aromatic heterocycles. The summed E-state index contributed by atoms with van der Waals surface area (Å²) in [7, 11) is 0. The number of pyridine rings is 1. The number of aromatic hydroxyl groups is 1. The Labute approximate surface area is 389 Å². The van der Waals surface area contributed by atoms with Crippen molar-refractivity contribution in [3.8, 4) is 23.0 Å². The molecule has 15 heteroatoms. The molecule has 2 amide bonds. The first-order chi connectivity index (χ1) is 32.5. The Balaban J connectivity index is 0.757. The van der Waals surface area contributed by atoms with Gasteiger partial charge in [0.2, 0.25) is 11.8 Å². The molecule has 3 aromatic carbocycles. The molecule has 67 heavy (non-hydrogen) atoms. The van der Waals surface area contributed by atoms with Crippen LogP contribution >= 0.6 is 0 Å². The fourth-order valence-electron chi connectivity index (χ4n) is 11.6. The lowest BCUT2D eigenvalue weighted by Crippen LogP contribution is -2.46. The standard InChI is InChI=1S/C52H61F3N8O4/c1-3-38-42(53)9-6-35-23-37(64)25-40(46(35)38)48-47(55)49-41(26-56-48)50(63-17-4-5-31(2)27-63)59-52(58-49)67-30-33-14-22-62(29-33)36-15-18-60(19-16-36)28-32-12-20-61(21-13-32)44-10-7-34(24-43(44)54)39-8-11-45(65)57-51(39)66/h6-7,9-10,23-26,31-33,36,39,64H,3-5,8,11-22,27-30H2,1-2H3,(H,57,65,66)/t31-,33?,39?/m0/s1. The van der Waals surface area contributed by atoms with Gasteiger partial charge in [-0.15, -0.1) is 0 Å². The summed E-state index contributed by atoms with van der Waals surface area (Å²) in [4.78, 5) is 47.7. The van der Waals surface area contributed by atoms with E-state index >= 15 is 13.2 Å². The summed E-state index contributed by atoms with van der Waals surface area (Å²) in [6.45, 7) is 12.7. The number of amides is 2. The van der Waals surface area contributed by atoms with E-state index in [1.165, 1.54) is 18.2 Å². The molecule has 0 aliphatic carbocycles. The number of piperidine rings is 4. The molecule has 7 heterocycles. The van der Waals surface area contributed by atoms with Crippen molar-refractivity contribution in [1.29, 1.82) is 0 Å². The number of phenolic OH excluding ortho intramolecular Hbond substituents is 1. The highest BCUT2D eigenvalue weighted by atomic mass is 19.1. The van der Waals surface area contributed by atoms with Crippen molar-refractivity contribution < 1.29 is 32.6 Å². The topological polar surface area (TPSA) is 127 Å². The summed E-state index contributed by atoms with van der Waals surface area (Å²) in [6.07, 6.45) is 9.97. The zero-order chi connectivity index (χ0) is 46.3. The number of aryl methyl sites for hydroxylation is 1. The van der Waals surface area contributed by atoms with Crippen LogP contribution in [0.15, 0.2) is 48.7 Å². The maximum atomic E-state index is 17.0. The average molecular weight is 919 g/mol. The lowest BCUT2D eigenvalue weighted by Gasteiger charge is -2.40. The lowest BCUT2D eigenvalue weighted by atomic mass is 9.90. The van der Waals surface area contributed by atoms with Gasteiger partial charge in [0.1, 0.15) is 34.4 Å². The summed E-state index contributed by atoms with van der Waals surface area (Å²) in [6, 6.07) is 11.7. The van der Waals surface area contributed by atoms with Gasteiger partial charge in [-0.3, -0.25) is 24.8 Å². The minimum atomic E-state index is -0.663. The Bertz CT molecular complexity index is 2670. The average Bonchev–Trinajstić information content (AvgIpc) is 3.80. The molecular formula is C52H61F3N8O4. The number of rotatable bonds is 11. The number of carbonyl (C=O) groups excluding carboxylic acids is 2. The second kappa shape index (κ2) is 19.2. The van der Waals surface area contributed by atoms with Crippen molar-refractivity contribution in [2.75, 3.05) is 75.3 Å². The summed E-state index contributed by atoms with van der Waals surface area (Å²) >= 11 is 0. The number of hydrogen-bond acceptors (Lipinski definition) is 11. The first-order valence-corrected chi connectivity index (χ1v) is 24.5. The third kappa shape index (κ3) is 9.37. The summed E-state index contributed by atoms with van der Waals surface area (Å²) in [5, 5.41) is 14.7. The van der Waals surface area contributed by atoms with E-state index < -0.39 is 17.6 Å². The molecule has 10 rings (SSSR count). The van der Waals surface area contributed by atoms with E-state index in [0.29, 0.717) is 81.7 Å². The molecule has 2 unspecified atom stereocenters. The summed E-state index contributed by atoms with van der Waals surface area (Å²) in [5.41, 5.74) is 2.02. The SMILES string of the molecule is CCc1c(F)ccc2cc(O)cc(-c3ncc4c(N5CCC[C@H](C)C5)nc(OCC5CCN(C6CCN(CC7CCN(c8ccc(C9CCC(=O)NC9=O)cc8F)CC7)CC6)C5)nc4c3F)c12. The van der Waals surface area contributed by atoms with Crippen LogP contribution in [0.3, 0.4) is 0 Å². The quantitative estimate of drug-likeness (QED) is 0.124. The van der Waals surface area contributed by atoms with E-state index in [9.17, 15) is 14.7 Å². The molecule has 5 saturated heterocycles. The Morgan fingerprint density at radius 3 is 2.40 bits per heavy atom. The Morgan fingerprint density at radius 1 is 0.836 bits per heavy atom. The number of likely N-dealkylation sites (tertiary alicyclic amines) is 2. The lowest BCUT2D eigenvalue weighted by molar-refractivity contribution is -0.134. The van der Waals surface area contributed by atoms with Crippen molar-refractivity contribution in [3.05, 3.63) is 77.2 Å². The molecule has 354 valence electrons. The number of fused-ring (bicyclic) bond motifs is 2. The van der Waals surface area contributed by atoms with Crippen molar-refractivity contribution >= 4 is 45.0 Å². The third-order valence-electron chi connectivity index (χ3n) is 15.3. The van der Waals surface area contributed by atoms with Crippen molar-refractivity contribution in [2.24, 2.45) is 17.8 Å². The normalized spacial score (nSPS) is 22.9. The Kier molecular flexibility index (Phi) is 13.0. The highest BCUT2D eigenvalue weighted by Crippen LogP contribution is 2.40. The highest BCUT2D eigenvalue weighted by molar-refractivity contribution is 6.02. The van der Waals surface area contributed by atoms with Crippen LogP contribution in [0.2, 0.25) is 0 Å². The number of halogens is 3. The van der Waals surface area contributed by atoms with Gasteiger partial charge in [-0.1, -0.05) is 26.0 Å². The van der Waals surface area contributed by atoms with Crippen LogP contribution in [0, 0.1) is 35.2 Å². The first-order valence-electron chi connectivity index (χ1n) is 24.5. The van der Waals surface area contributed by atoms with Crippen molar-refractivity contribution in [3.63, 3.8) is 0 Å². The number of ether oxygens (including phenoxy) is 1. The second-order valence-corrected chi connectivity index (χ2v) is 19.8. The molecule has 0 saturated carbocycles. The monoisotopic (exact) mass is 918 g/mol. The molecule has 5 aliphatic heterocycles. The van der Waals surface area contributed by atoms with Gasteiger partial charge in [-0.05, 0) is 141 Å². The first kappa shape index (κ1) is 45.3. The Morgan fingerprint density at radius 2 is 1.64 bits per heavy atom. The van der Waals surface area contributed by atoms with Crippen molar-refractivity contribution in [2.45, 2.75) is 90.0 Å². The van der Waals surface area contributed by atoms with E-state index in [1.807, 2.05) is 13.0 Å². The van der Waals surface area contributed by atoms with E-state index in [1.54, 1.807) is 24.4 Å². The zero-order valence-electron chi connectivity index (χ0n) is 38.6. The number of nitrogens with one attached hydrogen (secondary N) is 1. The second-order valence-electron chi connectivity index (χ2n) is 19.8.